The van der Waals surface area contributed by atoms with Gasteiger partial charge in [-0.05, 0) is 87.1 Å². The average molecular weight is 473 g/mol. The van der Waals surface area contributed by atoms with Crippen LogP contribution >= 0.6 is 0 Å². The molecule has 0 spiro atoms. The summed E-state index contributed by atoms with van der Waals surface area (Å²) >= 11 is 0. The number of carbonyl (C=O) groups excluding carboxylic acids is 1. The molecule has 0 amide bonds. The molecule has 0 saturated carbocycles. The van der Waals surface area contributed by atoms with E-state index in [-0.39, 0.29) is 5.97 Å². The molecule has 0 fully saturated rings. The summed E-state index contributed by atoms with van der Waals surface area (Å²) in [4.78, 5) is 11.4. The topological polar surface area (TPSA) is 35.5 Å². The van der Waals surface area contributed by atoms with Crippen LogP contribution in [0.15, 0.2) is 17.7 Å². The SMILES string of the molecule is CC(=O)Oc1c(C)cc(OC/C=C(\C)CCC[C@H](C)CCC[C@H](C)CCCC(C)C)c(C)c1C. The fourth-order valence-electron chi connectivity index (χ4n) is 4.56. The van der Waals surface area contributed by atoms with Gasteiger partial charge in [-0.25, -0.2) is 0 Å². The number of hydrogen-bond donors (Lipinski definition) is 0. The van der Waals surface area contributed by atoms with Crippen molar-refractivity contribution in [2.45, 2.75) is 120 Å². The standard InChI is InChI=1S/C31H52O3/c1-22(2)13-10-14-23(3)15-11-16-24(4)17-12-18-25(5)19-20-33-30-21-26(6)31(34-29(9)32)28(8)27(30)7/h19,21-24H,10-18,20H2,1-9H3/b25-19+/t23-,24-/m1/s1. The van der Waals surface area contributed by atoms with Crippen molar-refractivity contribution in [1.29, 1.82) is 0 Å². The van der Waals surface area contributed by atoms with Crippen LogP contribution in [0.25, 0.3) is 0 Å². The number of rotatable bonds is 16. The third kappa shape index (κ3) is 12.1. The van der Waals surface area contributed by atoms with Gasteiger partial charge in [-0.2, -0.15) is 0 Å². The van der Waals surface area contributed by atoms with E-state index in [0.29, 0.717) is 12.4 Å². The second kappa shape index (κ2) is 16.0. The van der Waals surface area contributed by atoms with E-state index in [0.717, 1.165) is 46.6 Å². The largest absolute Gasteiger partial charge is 0.489 e. The second-order valence-corrected chi connectivity index (χ2v) is 11.1. The number of hydrogen-bond acceptors (Lipinski definition) is 3. The lowest BCUT2D eigenvalue weighted by atomic mass is 9.91. The number of allylic oxidation sites excluding steroid dienone is 1. The Bertz CT molecular complexity index is 775. The Morgan fingerprint density at radius 2 is 1.41 bits per heavy atom. The van der Waals surface area contributed by atoms with E-state index in [1.54, 1.807) is 0 Å². The highest BCUT2D eigenvalue weighted by Gasteiger charge is 2.14. The first kappa shape index (κ1) is 30.3. The molecule has 0 bridgehead atoms. The molecule has 0 N–H and O–H groups in total. The molecule has 194 valence electrons. The van der Waals surface area contributed by atoms with Gasteiger partial charge in [0.05, 0.1) is 0 Å². The second-order valence-electron chi connectivity index (χ2n) is 11.1. The zero-order chi connectivity index (χ0) is 25.7. The number of esters is 1. The number of ether oxygens (including phenoxy) is 2. The predicted molar refractivity (Wildman–Crippen MR) is 146 cm³/mol. The molecular formula is C31H52O3. The molecule has 1 aromatic rings. The highest BCUT2D eigenvalue weighted by molar-refractivity contribution is 5.71. The molecule has 0 unspecified atom stereocenters. The molecule has 1 aromatic carbocycles. The van der Waals surface area contributed by atoms with Crippen molar-refractivity contribution in [3.63, 3.8) is 0 Å². The molecule has 2 atom stereocenters. The summed E-state index contributed by atoms with van der Waals surface area (Å²) < 4.78 is 11.4. The smallest absolute Gasteiger partial charge is 0.308 e. The van der Waals surface area contributed by atoms with Gasteiger partial charge in [-0.3, -0.25) is 4.79 Å². The van der Waals surface area contributed by atoms with Crippen molar-refractivity contribution in [1.82, 2.24) is 0 Å². The summed E-state index contributed by atoms with van der Waals surface area (Å²) in [6.45, 7) is 19.7. The summed E-state index contributed by atoms with van der Waals surface area (Å²) in [5.74, 6) is 3.76. The Balaban J connectivity index is 2.32. The molecule has 0 aromatic heterocycles. The first-order valence-corrected chi connectivity index (χ1v) is 13.6. The predicted octanol–water partition coefficient (Wildman–Crippen LogP) is 9.30. The van der Waals surface area contributed by atoms with Gasteiger partial charge < -0.3 is 9.47 Å². The van der Waals surface area contributed by atoms with Crippen LogP contribution in [0.2, 0.25) is 0 Å². The minimum absolute atomic E-state index is 0.293. The van der Waals surface area contributed by atoms with E-state index >= 15 is 0 Å². The molecule has 34 heavy (non-hydrogen) atoms. The summed E-state index contributed by atoms with van der Waals surface area (Å²) in [5.41, 5.74) is 4.31. The van der Waals surface area contributed by atoms with E-state index in [4.69, 9.17) is 9.47 Å². The molecule has 0 heterocycles. The van der Waals surface area contributed by atoms with Crippen LogP contribution in [0, 0.1) is 38.5 Å². The van der Waals surface area contributed by atoms with Crippen molar-refractivity contribution in [2.24, 2.45) is 17.8 Å². The van der Waals surface area contributed by atoms with Crippen molar-refractivity contribution in [2.75, 3.05) is 6.61 Å². The fourth-order valence-corrected chi connectivity index (χ4v) is 4.56. The van der Waals surface area contributed by atoms with E-state index in [2.05, 4.69) is 40.7 Å². The summed E-state index contributed by atoms with van der Waals surface area (Å²) in [6.07, 6.45) is 14.2. The quantitative estimate of drug-likeness (QED) is 0.137. The van der Waals surface area contributed by atoms with Crippen molar-refractivity contribution in [3.05, 3.63) is 34.4 Å². The molecule has 0 saturated heterocycles. The lowest BCUT2D eigenvalue weighted by Crippen LogP contribution is -2.07. The number of aryl methyl sites for hydroxylation is 1. The molecule has 0 aliphatic heterocycles. The van der Waals surface area contributed by atoms with Crippen LogP contribution in [-0.2, 0) is 4.79 Å². The highest BCUT2D eigenvalue weighted by Crippen LogP contribution is 2.33. The van der Waals surface area contributed by atoms with Gasteiger partial charge in [0.2, 0.25) is 0 Å². The fraction of sp³-hybridized carbons (Fsp3) is 0.710. The Morgan fingerprint density at radius 3 is 1.97 bits per heavy atom. The van der Waals surface area contributed by atoms with Gasteiger partial charge in [0.15, 0.2) is 0 Å². The van der Waals surface area contributed by atoms with Crippen molar-refractivity contribution < 1.29 is 14.3 Å². The first-order chi connectivity index (χ1) is 16.0. The lowest BCUT2D eigenvalue weighted by molar-refractivity contribution is -0.131. The third-order valence-electron chi connectivity index (χ3n) is 7.04. The van der Waals surface area contributed by atoms with Gasteiger partial charge >= 0.3 is 5.97 Å². The summed E-state index contributed by atoms with van der Waals surface area (Å²) in [6, 6.07) is 1.97. The van der Waals surface area contributed by atoms with Gasteiger partial charge in [-0.1, -0.05) is 78.2 Å². The zero-order valence-electron chi connectivity index (χ0n) is 23.7. The third-order valence-corrected chi connectivity index (χ3v) is 7.04. The van der Waals surface area contributed by atoms with Crippen LogP contribution in [0.1, 0.15) is 116 Å². The zero-order valence-corrected chi connectivity index (χ0v) is 23.7. The maximum atomic E-state index is 11.4. The monoisotopic (exact) mass is 472 g/mol. The molecule has 0 aliphatic rings. The minimum atomic E-state index is -0.293. The van der Waals surface area contributed by atoms with Gasteiger partial charge in [0, 0.05) is 6.92 Å². The van der Waals surface area contributed by atoms with Crippen molar-refractivity contribution in [3.8, 4) is 11.5 Å². The molecule has 1 rings (SSSR count). The van der Waals surface area contributed by atoms with Gasteiger partial charge in [0.1, 0.15) is 18.1 Å². The molecule has 3 heteroatoms. The van der Waals surface area contributed by atoms with Crippen LogP contribution in [0.4, 0.5) is 0 Å². The van der Waals surface area contributed by atoms with Crippen molar-refractivity contribution >= 4 is 5.97 Å². The Labute approximate surface area is 210 Å². The Kier molecular flexibility index (Phi) is 14.2. The normalized spacial score (nSPS) is 13.8. The summed E-state index contributed by atoms with van der Waals surface area (Å²) in [5, 5.41) is 0. The van der Waals surface area contributed by atoms with Crippen LogP contribution in [-0.4, -0.2) is 12.6 Å². The van der Waals surface area contributed by atoms with E-state index < -0.39 is 0 Å². The molecule has 0 aliphatic carbocycles. The molecule has 3 nitrogen and oxygen atoms in total. The van der Waals surface area contributed by atoms with E-state index in [1.807, 2.05) is 26.8 Å². The molecule has 0 radical (unpaired) electrons. The summed E-state index contributed by atoms with van der Waals surface area (Å²) in [7, 11) is 0. The minimum Gasteiger partial charge on any atom is -0.489 e. The van der Waals surface area contributed by atoms with Gasteiger partial charge in [-0.15, -0.1) is 0 Å². The maximum absolute atomic E-state index is 11.4. The number of carbonyl (C=O) groups is 1. The van der Waals surface area contributed by atoms with Crippen LogP contribution in [0.3, 0.4) is 0 Å². The number of benzene rings is 1. The lowest BCUT2D eigenvalue weighted by Gasteiger charge is -2.16. The first-order valence-electron chi connectivity index (χ1n) is 13.6. The maximum Gasteiger partial charge on any atom is 0.308 e. The van der Waals surface area contributed by atoms with E-state index in [9.17, 15) is 4.79 Å². The van der Waals surface area contributed by atoms with E-state index in [1.165, 1.54) is 63.9 Å². The average Bonchev–Trinajstić information content (AvgIpc) is 2.74. The van der Waals surface area contributed by atoms with Gasteiger partial charge in [0.25, 0.3) is 0 Å². The Morgan fingerprint density at radius 1 is 0.853 bits per heavy atom. The van der Waals surface area contributed by atoms with Crippen LogP contribution < -0.4 is 9.47 Å². The Hall–Kier alpha value is -1.77. The highest BCUT2D eigenvalue weighted by atomic mass is 16.5. The van der Waals surface area contributed by atoms with Crippen LogP contribution in [0.5, 0.6) is 11.5 Å². The molecular weight excluding hydrogens is 420 g/mol.